The lowest BCUT2D eigenvalue weighted by Crippen LogP contribution is -2.26. The van der Waals surface area contributed by atoms with E-state index in [1.54, 1.807) is 0 Å². The zero-order chi connectivity index (χ0) is 19.6. The van der Waals surface area contributed by atoms with Crippen molar-refractivity contribution in [1.29, 1.82) is 0 Å². The van der Waals surface area contributed by atoms with Gasteiger partial charge in [0.15, 0.2) is 10.1 Å². The van der Waals surface area contributed by atoms with Gasteiger partial charge in [-0.25, -0.2) is 13.0 Å². The van der Waals surface area contributed by atoms with E-state index in [2.05, 4.69) is 44.6 Å². The smallest absolute Gasteiger partial charge is 0.591 e. The highest BCUT2D eigenvalue weighted by atomic mass is 32.2. The number of amidine groups is 1. The third kappa shape index (κ3) is 21.5. The van der Waals surface area contributed by atoms with Gasteiger partial charge in [0.05, 0.1) is 28.2 Å². The van der Waals surface area contributed by atoms with Crippen molar-refractivity contribution in [2.75, 3.05) is 33.9 Å². The summed E-state index contributed by atoms with van der Waals surface area (Å²) >= 11 is 1.86. The second-order valence-corrected chi connectivity index (χ2v) is 7.20. The van der Waals surface area contributed by atoms with E-state index in [9.17, 15) is 25.8 Å². The van der Waals surface area contributed by atoms with Crippen LogP contribution in [0.4, 0.5) is 25.8 Å². The molecule has 0 atom stereocenters. The Bertz CT molecular complexity index is 505. The molecule has 0 aliphatic heterocycles. The van der Waals surface area contributed by atoms with E-state index >= 15 is 0 Å². The molecule has 0 N–H and O–H groups in total. The highest BCUT2D eigenvalue weighted by Crippen LogP contribution is 2.50. The van der Waals surface area contributed by atoms with Crippen molar-refractivity contribution >= 4 is 35.1 Å². The molecule has 15 heteroatoms. The summed E-state index contributed by atoms with van der Waals surface area (Å²) in [6.07, 6.45) is 0. The molecule has 0 saturated carbocycles. The fourth-order valence-corrected chi connectivity index (χ4v) is 1.56. The van der Waals surface area contributed by atoms with Gasteiger partial charge < -0.3 is 4.55 Å². The third-order valence-electron chi connectivity index (χ3n) is 1.32. The monoisotopic (exact) mass is 414 g/mol. The molecule has 0 bridgehead atoms. The maximum atomic E-state index is 10.7. The lowest BCUT2D eigenvalue weighted by molar-refractivity contribution is -0.466. The second-order valence-electron chi connectivity index (χ2n) is 3.80. The molecule has 0 aliphatic rings. The van der Waals surface area contributed by atoms with Crippen LogP contribution in [0.25, 0.3) is 0 Å². The molecule has 0 unspecified atom stereocenters. The number of alkyl halides is 3. The number of hydrogen-bond donors (Lipinski definition) is 0. The van der Waals surface area contributed by atoms with E-state index in [4.69, 9.17) is 17.5 Å². The van der Waals surface area contributed by atoms with Crippen LogP contribution in [0.5, 0.6) is 0 Å². The normalized spacial score (nSPS) is 11.5. The van der Waals surface area contributed by atoms with Gasteiger partial charge in [0, 0.05) is 5.75 Å². The van der Waals surface area contributed by atoms with Gasteiger partial charge in [-0.3, -0.25) is 9.48 Å². The Kier molecular flexibility index (Phi) is 13.3. The van der Waals surface area contributed by atoms with Crippen LogP contribution >= 0.6 is 19.8 Å². The molecule has 0 amide bonds. The van der Waals surface area contributed by atoms with Gasteiger partial charge in [0.25, 0.3) is 0 Å². The lowest BCUT2D eigenvalue weighted by atomic mass is 10.9. The molecule has 0 aliphatic carbocycles. The highest BCUT2D eigenvalue weighted by Gasteiger charge is 2.36. The zero-order valence-corrected chi connectivity index (χ0v) is 15.3. The van der Waals surface area contributed by atoms with Gasteiger partial charge in [-0.15, -0.1) is 12.6 Å². The Hall–Kier alpha value is -0.460. The molecule has 0 heterocycles. The summed E-state index contributed by atoms with van der Waals surface area (Å²) in [4.78, 5) is 2.13. The summed E-state index contributed by atoms with van der Waals surface area (Å²) in [5, 5.41) is 1.31. The molecule has 0 aromatic heterocycles. The first kappa shape index (κ1) is 27.4. The third-order valence-corrected chi connectivity index (χ3v) is 3.17. The predicted molar refractivity (Wildman–Crippen MR) is 75.6 cm³/mol. The second kappa shape index (κ2) is 11.2. The summed E-state index contributed by atoms with van der Waals surface area (Å²) in [6.45, 7) is 2.16. The van der Waals surface area contributed by atoms with Gasteiger partial charge in [-0.2, -0.15) is 13.2 Å². The first-order chi connectivity index (χ1) is 9.84. The van der Waals surface area contributed by atoms with Crippen LogP contribution in [-0.4, -0.2) is 67.1 Å². The Morgan fingerprint density at radius 3 is 1.52 bits per heavy atom. The highest BCUT2D eigenvalue weighted by molar-refractivity contribution is 8.13. The quantitative estimate of drug-likeness (QED) is 0.125. The number of halogens is 6. The van der Waals surface area contributed by atoms with Crippen LogP contribution in [0.3, 0.4) is 0 Å². The van der Waals surface area contributed by atoms with Gasteiger partial charge >= 0.3 is 18.7 Å². The first-order valence-electron chi connectivity index (χ1n) is 5.40. The zero-order valence-electron chi connectivity index (χ0n) is 12.8. The van der Waals surface area contributed by atoms with Crippen molar-refractivity contribution in [2.45, 2.75) is 12.4 Å². The van der Waals surface area contributed by atoms with Crippen molar-refractivity contribution in [1.82, 2.24) is 4.90 Å². The van der Waals surface area contributed by atoms with E-state index in [1.165, 1.54) is 5.17 Å². The Labute approximate surface area is 135 Å². The molecule has 0 rings (SSSR count). The minimum absolute atomic E-state index is 1.13. The largest absolute Gasteiger partial charge is 0.741 e. The molecule has 0 fully saturated rings. The SMILES string of the molecule is CCSC(N(C)C)=[N+](C)C.O=P(F)(F)F.O=S(=O)([O-])C(F)(F)F. The standard InChI is InChI=1S/C7H17N2S.CHF3O3S.F3OP/c1-6-10-7(8(2)3)9(4)5;2-1(3,4)8(5,6)7;1-5(2,3)4/h6H2,1-5H3;(H,5,6,7);/q+1;;/p-1. The summed E-state index contributed by atoms with van der Waals surface area (Å²) in [5.41, 5.74) is -5.65. The average Bonchev–Trinajstić information content (AvgIpc) is 2.20. The molecule has 0 aromatic rings. The summed E-state index contributed by atoms with van der Waals surface area (Å²) in [7, 11) is -3.96. The maximum Gasteiger partial charge on any atom is 0.591 e. The predicted octanol–water partition coefficient (Wildman–Crippen LogP) is 2.98. The minimum atomic E-state index is -6.14. The van der Waals surface area contributed by atoms with E-state index in [1.807, 2.05) is 11.8 Å². The van der Waals surface area contributed by atoms with Crippen molar-refractivity contribution in [3.05, 3.63) is 0 Å². The topological polar surface area (TPSA) is 80.5 Å². The Morgan fingerprint density at radius 1 is 1.22 bits per heavy atom. The van der Waals surface area contributed by atoms with Crippen LogP contribution in [0.15, 0.2) is 0 Å². The molecular formula is C8H17F6N2O4PS2. The molecule has 142 valence electrons. The molecule has 0 aromatic carbocycles. The molecule has 0 radical (unpaired) electrons. The molecule has 6 nitrogen and oxygen atoms in total. The van der Waals surface area contributed by atoms with Crippen LogP contribution in [0, 0.1) is 0 Å². The fraction of sp³-hybridized carbons (Fsp3) is 0.875. The number of thioether (sulfide) groups is 1. The first-order valence-corrected chi connectivity index (χ1v) is 9.17. The van der Waals surface area contributed by atoms with Crippen LogP contribution in [-0.2, 0) is 14.7 Å². The van der Waals surface area contributed by atoms with Crippen LogP contribution in [0.1, 0.15) is 6.92 Å². The van der Waals surface area contributed by atoms with Gasteiger partial charge in [-0.1, -0.05) is 6.92 Å². The van der Waals surface area contributed by atoms with E-state index < -0.39 is 23.7 Å². The van der Waals surface area contributed by atoms with Gasteiger partial charge in [-0.05, 0) is 11.8 Å². The average molecular weight is 414 g/mol. The van der Waals surface area contributed by atoms with E-state index in [0.717, 1.165) is 5.75 Å². The minimum Gasteiger partial charge on any atom is -0.741 e. The molecular weight excluding hydrogens is 397 g/mol. The molecule has 0 saturated heterocycles. The fourth-order valence-electron chi connectivity index (χ4n) is 0.787. The number of rotatable bonds is 1. The van der Waals surface area contributed by atoms with Crippen molar-refractivity contribution in [2.24, 2.45) is 0 Å². The van der Waals surface area contributed by atoms with Crippen molar-refractivity contribution in [3.63, 3.8) is 0 Å². The van der Waals surface area contributed by atoms with Gasteiger partial charge in [0.2, 0.25) is 0 Å². The summed E-state index contributed by atoms with van der Waals surface area (Å²) < 4.78 is 99.0. The Morgan fingerprint density at radius 2 is 1.48 bits per heavy atom. The molecule has 0 spiro atoms. The number of hydrogen-bond acceptors (Lipinski definition) is 5. The molecule has 23 heavy (non-hydrogen) atoms. The van der Waals surface area contributed by atoms with E-state index in [0.29, 0.717) is 0 Å². The van der Waals surface area contributed by atoms with Crippen molar-refractivity contribution < 1.29 is 47.9 Å². The summed E-state index contributed by atoms with van der Waals surface area (Å²) in [6, 6.07) is 0. The van der Waals surface area contributed by atoms with Crippen LogP contribution < -0.4 is 0 Å². The van der Waals surface area contributed by atoms with Gasteiger partial charge in [0.1, 0.15) is 0 Å². The van der Waals surface area contributed by atoms with E-state index in [-0.39, 0.29) is 0 Å². The maximum absolute atomic E-state index is 10.7. The van der Waals surface area contributed by atoms with Crippen molar-refractivity contribution in [3.8, 4) is 0 Å². The lowest BCUT2D eigenvalue weighted by Gasteiger charge is -2.08. The summed E-state index contributed by atoms with van der Waals surface area (Å²) in [5.74, 6) is 1.13. The van der Waals surface area contributed by atoms with Crippen LogP contribution in [0.2, 0.25) is 0 Å². The Balaban J connectivity index is -0.000000276. The number of nitrogens with zero attached hydrogens (tertiary/aromatic N) is 2.